The summed E-state index contributed by atoms with van der Waals surface area (Å²) >= 11 is -2.24. The van der Waals surface area contributed by atoms with Gasteiger partial charge in [-0.15, -0.1) is 0 Å². The quantitative estimate of drug-likeness (QED) is 0.598. The van der Waals surface area contributed by atoms with E-state index < -0.39 is 30.7 Å². The van der Waals surface area contributed by atoms with Crippen molar-refractivity contribution < 1.29 is 72.4 Å². The third-order valence-electron chi connectivity index (χ3n) is 0. The van der Waals surface area contributed by atoms with Gasteiger partial charge in [0, 0.05) is 41.7 Å². The number of hydrogen-bond acceptors (Lipinski definition) is 0. The van der Waals surface area contributed by atoms with Gasteiger partial charge >= 0.3 is 47.6 Å². The van der Waals surface area contributed by atoms with E-state index >= 15 is 0 Å². The zero-order chi connectivity index (χ0) is 3.58. The number of rotatable bonds is 0. The SMILES string of the molecule is [Ce].[Cl][Ce]([Cl])[Cl]. The molecule has 5 heteroatoms. The van der Waals surface area contributed by atoms with Crippen molar-refractivity contribution in [2.24, 2.45) is 0 Å². The standard InChI is InChI=1S/2Ce.3ClH/h;;3*1H/q;+3;;;/p-3. The van der Waals surface area contributed by atoms with Crippen LogP contribution in [0.15, 0.2) is 0 Å². The molecule has 29 valence electrons. The van der Waals surface area contributed by atoms with Crippen molar-refractivity contribution in [2.75, 3.05) is 0 Å². The van der Waals surface area contributed by atoms with Crippen LogP contribution in [0.2, 0.25) is 0 Å². The van der Waals surface area contributed by atoms with Gasteiger partial charge in [-0.25, -0.2) is 0 Å². The fraction of sp³-hybridized carbons (Fsp3) is 0. The molecule has 0 unspecified atom stereocenters. The minimum atomic E-state index is -2.24. The summed E-state index contributed by atoms with van der Waals surface area (Å²) in [6, 6.07) is 0. The van der Waals surface area contributed by atoms with Crippen molar-refractivity contribution >= 4 is 16.9 Å². The van der Waals surface area contributed by atoms with E-state index in [4.69, 9.17) is 16.9 Å². The van der Waals surface area contributed by atoms with Crippen molar-refractivity contribution in [1.29, 1.82) is 0 Å². The molecule has 0 N–H and O–H groups in total. The van der Waals surface area contributed by atoms with E-state index in [0.29, 0.717) is 0 Å². The van der Waals surface area contributed by atoms with Crippen molar-refractivity contribution in [1.82, 2.24) is 0 Å². The molecule has 5 heavy (non-hydrogen) atoms. The van der Waals surface area contributed by atoms with E-state index in [9.17, 15) is 0 Å². The molecule has 0 atom stereocenters. The van der Waals surface area contributed by atoms with E-state index in [2.05, 4.69) is 0 Å². The van der Waals surface area contributed by atoms with Crippen LogP contribution in [0.5, 0.6) is 0 Å². The first-order chi connectivity index (χ1) is 1.73. The average Bonchev–Trinajstić information content (AvgIpc) is 0.811. The zero-order valence-electron chi connectivity index (χ0n) is 2.13. The number of halogens is 3. The maximum atomic E-state index is 5.02. The first-order valence-corrected chi connectivity index (χ1v) is 12.4. The molecule has 0 rings (SSSR count). The molecule has 0 bridgehead atoms. The molecule has 0 spiro atoms. The fourth-order valence-corrected chi connectivity index (χ4v) is 0. The molecule has 0 aromatic rings. The molecule has 0 heterocycles. The van der Waals surface area contributed by atoms with Crippen LogP contribution in [0.4, 0.5) is 0 Å². The van der Waals surface area contributed by atoms with Crippen LogP contribution in [0.3, 0.4) is 0 Å². The van der Waals surface area contributed by atoms with Crippen LogP contribution in [0.25, 0.3) is 0 Å². The van der Waals surface area contributed by atoms with Gasteiger partial charge in [0.15, 0.2) is 0 Å². The van der Waals surface area contributed by atoms with Crippen LogP contribution in [0.1, 0.15) is 0 Å². The maximum absolute atomic E-state index is 5.02. The van der Waals surface area contributed by atoms with Crippen LogP contribution >= 0.6 is 16.9 Å². The third kappa shape index (κ3) is 18.4. The molecule has 0 aromatic heterocycles. The second-order valence-corrected chi connectivity index (χ2v) is 14.0. The average molecular weight is 387 g/mol. The predicted octanol–water partition coefficient (Wildman–Crippen LogP) is 2.07. The van der Waals surface area contributed by atoms with Crippen molar-refractivity contribution in [2.45, 2.75) is 0 Å². The monoisotopic (exact) mass is 385 g/mol. The molecule has 0 nitrogen and oxygen atoms in total. The Balaban J connectivity index is 0. The van der Waals surface area contributed by atoms with E-state index in [1.54, 1.807) is 0 Å². The van der Waals surface area contributed by atoms with Crippen LogP contribution in [-0.4, -0.2) is 0 Å². The summed E-state index contributed by atoms with van der Waals surface area (Å²) in [7, 11) is 0. The Labute approximate surface area is 86.2 Å². The predicted molar refractivity (Wildman–Crippen MR) is 17.6 cm³/mol. The Morgan fingerprint density at radius 1 is 1.00 bits per heavy atom. The molecule has 0 radical (unpaired) electrons. The first kappa shape index (κ1) is 11.4. The van der Waals surface area contributed by atoms with E-state index in [-0.39, 0.29) is 41.7 Å². The second-order valence-electron chi connectivity index (χ2n) is 0.214. The molecular formula is Ce2Cl3. The fourth-order valence-electron chi connectivity index (χ4n) is 0. The second kappa shape index (κ2) is 7.62. The van der Waals surface area contributed by atoms with Gasteiger partial charge in [-0.3, -0.25) is 0 Å². The third-order valence-corrected chi connectivity index (χ3v) is 0. The molecule has 0 aromatic carbocycles. The summed E-state index contributed by atoms with van der Waals surface area (Å²) in [5.41, 5.74) is 15.1. The summed E-state index contributed by atoms with van der Waals surface area (Å²) in [6.07, 6.45) is 0. The van der Waals surface area contributed by atoms with Gasteiger partial charge in [0.1, 0.15) is 0 Å². The van der Waals surface area contributed by atoms with E-state index in [0.717, 1.165) is 0 Å². The molecule has 0 fully saturated rings. The normalized spacial score (nSPS) is 5.40. The van der Waals surface area contributed by atoms with Crippen molar-refractivity contribution in [3.63, 3.8) is 0 Å². The summed E-state index contributed by atoms with van der Waals surface area (Å²) in [5, 5.41) is 0. The van der Waals surface area contributed by atoms with Gasteiger partial charge < -0.3 is 0 Å². The Morgan fingerprint density at radius 3 is 1.00 bits per heavy atom. The number of hydrogen-bond donors (Lipinski definition) is 0. The van der Waals surface area contributed by atoms with Gasteiger partial charge in [-0.1, -0.05) is 0 Å². The van der Waals surface area contributed by atoms with Crippen molar-refractivity contribution in [3.8, 4) is 0 Å². The molecule has 0 amide bonds. The molecule has 0 saturated carbocycles. The summed E-state index contributed by atoms with van der Waals surface area (Å²) in [4.78, 5) is 0. The van der Waals surface area contributed by atoms with Crippen LogP contribution in [0, 0.1) is 72.4 Å². The van der Waals surface area contributed by atoms with Gasteiger partial charge in [-0.05, 0) is 0 Å². The summed E-state index contributed by atoms with van der Waals surface area (Å²) in [5.74, 6) is 0. The van der Waals surface area contributed by atoms with E-state index in [1.165, 1.54) is 0 Å². The van der Waals surface area contributed by atoms with Crippen LogP contribution < -0.4 is 0 Å². The zero-order valence-corrected chi connectivity index (χ0v) is 10.7. The minimum absolute atomic E-state index is 0. The Bertz CT molecular complexity index is 9.61. The van der Waals surface area contributed by atoms with Crippen LogP contribution in [-0.2, 0) is 0 Å². The van der Waals surface area contributed by atoms with Gasteiger partial charge in [0.05, 0.1) is 0 Å². The topological polar surface area (TPSA) is 0 Å². The van der Waals surface area contributed by atoms with Gasteiger partial charge in [-0.2, -0.15) is 0 Å². The first-order valence-electron chi connectivity index (χ1n) is 0.567. The summed E-state index contributed by atoms with van der Waals surface area (Å²) in [6.45, 7) is 0. The van der Waals surface area contributed by atoms with Gasteiger partial charge in [0.25, 0.3) is 0 Å². The summed E-state index contributed by atoms with van der Waals surface area (Å²) < 4.78 is 0. The molecule has 0 aliphatic heterocycles. The Morgan fingerprint density at radius 2 is 1.00 bits per heavy atom. The molecule has 0 aliphatic carbocycles. The Hall–Kier alpha value is 3.62. The van der Waals surface area contributed by atoms with E-state index in [1.807, 2.05) is 0 Å². The van der Waals surface area contributed by atoms with Crippen molar-refractivity contribution in [3.05, 3.63) is 0 Å². The van der Waals surface area contributed by atoms with Gasteiger partial charge in [0.2, 0.25) is 0 Å². The molecular weight excluding hydrogens is 387 g/mol. The Kier molecular flexibility index (Phi) is 17.4. The molecule has 0 aliphatic rings. The molecule has 0 saturated heterocycles.